The number of nitrogens with one attached hydrogen (secondary N) is 1. The number of nitrogens with zero attached hydrogens (tertiary/aromatic N) is 1. The van der Waals surface area contributed by atoms with Gasteiger partial charge in [0.05, 0.1) is 6.42 Å². The molecule has 2 rings (SSSR count). The Morgan fingerprint density at radius 2 is 1.85 bits per heavy atom. The molecule has 1 aromatic rings. The maximum Gasteiger partial charge on any atom is 0.317 e. The van der Waals surface area contributed by atoms with E-state index in [1.54, 1.807) is 4.90 Å². The minimum atomic E-state index is -0.895. The van der Waals surface area contributed by atoms with Crippen molar-refractivity contribution in [2.45, 2.75) is 25.2 Å². The van der Waals surface area contributed by atoms with Crippen LogP contribution in [-0.4, -0.2) is 41.6 Å². The van der Waals surface area contributed by atoms with Gasteiger partial charge in [0.25, 0.3) is 0 Å². The van der Waals surface area contributed by atoms with Crippen molar-refractivity contribution in [3.63, 3.8) is 0 Å². The number of rotatable bonds is 4. The van der Waals surface area contributed by atoms with Crippen molar-refractivity contribution < 1.29 is 14.7 Å². The highest BCUT2D eigenvalue weighted by Gasteiger charge is 2.23. The van der Waals surface area contributed by atoms with E-state index < -0.39 is 5.97 Å². The smallest absolute Gasteiger partial charge is 0.317 e. The van der Waals surface area contributed by atoms with Crippen molar-refractivity contribution in [2.75, 3.05) is 19.6 Å². The second-order valence-corrected chi connectivity index (χ2v) is 5.05. The molecule has 0 aromatic heterocycles. The molecule has 0 spiro atoms. The normalized spacial score (nSPS) is 15.9. The number of carboxylic acids is 1. The lowest BCUT2D eigenvalue weighted by Crippen LogP contribution is -2.44. The summed E-state index contributed by atoms with van der Waals surface area (Å²) >= 11 is 0. The molecular formula is C15H20N2O3. The van der Waals surface area contributed by atoms with E-state index in [-0.39, 0.29) is 19.0 Å². The summed E-state index contributed by atoms with van der Waals surface area (Å²) < 4.78 is 0. The standard InChI is InChI=1S/C15H20N2O3/c18-14(19)6-9-16-15(20)17-10-7-13(8-11-17)12-4-2-1-3-5-12/h1-5,13H,6-11H2,(H,16,20)(H,18,19). The molecule has 2 amide bonds. The first kappa shape index (κ1) is 14.4. The molecule has 0 aliphatic carbocycles. The Balaban J connectivity index is 1.76. The zero-order chi connectivity index (χ0) is 14.4. The fraction of sp³-hybridized carbons (Fsp3) is 0.467. The first-order valence-corrected chi connectivity index (χ1v) is 6.96. The Bertz CT molecular complexity index is 453. The molecule has 1 fully saturated rings. The average molecular weight is 276 g/mol. The molecule has 0 atom stereocenters. The fourth-order valence-electron chi connectivity index (χ4n) is 2.53. The number of amides is 2. The molecule has 0 bridgehead atoms. The average Bonchev–Trinajstić information content (AvgIpc) is 2.48. The summed E-state index contributed by atoms with van der Waals surface area (Å²) in [6, 6.07) is 10.2. The molecule has 0 radical (unpaired) electrons. The van der Waals surface area contributed by atoms with E-state index in [4.69, 9.17) is 5.11 Å². The Morgan fingerprint density at radius 3 is 2.45 bits per heavy atom. The minimum absolute atomic E-state index is 0.0355. The summed E-state index contributed by atoms with van der Waals surface area (Å²) in [5.74, 6) is -0.382. The molecular weight excluding hydrogens is 256 g/mol. The lowest BCUT2D eigenvalue weighted by Gasteiger charge is -2.32. The first-order chi connectivity index (χ1) is 9.66. The highest BCUT2D eigenvalue weighted by atomic mass is 16.4. The van der Waals surface area contributed by atoms with Crippen LogP contribution >= 0.6 is 0 Å². The molecule has 5 heteroatoms. The van der Waals surface area contributed by atoms with Gasteiger partial charge in [-0.15, -0.1) is 0 Å². The van der Waals surface area contributed by atoms with E-state index in [1.807, 2.05) is 18.2 Å². The molecule has 2 N–H and O–H groups in total. The van der Waals surface area contributed by atoms with Gasteiger partial charge in [0.1, 0.15) is 0 Å². The predicted octanol–water partition coefficient (Wildman–Crippen LogP) is 2.05. The maximum absolute atomic E-state index is 11.8. The Kier molecular flexibility index (Phi) is 4.98. The molecule has 1 aromatic carbocycles. The summed E-state index contributed by atoms with van der Waals surface area (Å²) in [6.07, 6.45) is 1.87. The molecule has 5 nitrogen and oxygen atoms in total. The number of carboxylic acid groups (broad SMARTS) is 1. The van der Waals surface area contributed by atoms with Crippen LogP contribution in [0.4, 0.5) is 4.79 Å². The van der Waals surface area contributed by atoms with Crippen LogP contribution < -0.4 is 5.32 Å². The summed E-state index contributed by atoms with van der Waals surface area (Å²) in [5.41, 5.74) is 1.33. The largest absolute Gasteiger partial charge is 0.481 e. The van der Waals surface area contributed by atoms with Crippen molar-refractivity contribution in [3.8, 4) is 0 Å². The number of carbonyl (C=O) groups is 2. The summed E-state index contributed by atoms with van der Waals surface area (Å²) in [5, 5.41) is 11.2. The van der Waals surface area contributed by atoms with Gasteiger partial charge in [-0.25, -0.2) is 4.79 Å². The van der Waals surface area contributed by atoms with E-state index in [9.17, 15) is 9.59 Å². The van der Waals surface area contributed by atoms with Gasteiger partial charge in [-0.3, -0.25) is 4.79 Å². The van der Waals surface area contributed by atoms with Crippen LogP contribution in [0.15, 0.2) is 30.3 Å². The summed E-state index contributed by atoms with van der Waals surface area (Å²) in [7, 11) is 0. The topological polar surface area (TPSA) is 69.6 Å². The van der Waals surface area contributed by atoms with Crippen LogP contribution in [0.25, 0.3) is 0 Å². The van der Waals surface area contributed by atoms with Gasteiger partial charge in [-0.1, -0.05) is 30.3 Å². The monoisotopic (exact) mass is 276 g/mol. The Labute approximate surface area is 118 Å². The van der Waals surface area contributed by atoms with E-state index in [2.05, 4.69) is 17.4 Å². The van der Waals surface area contributed by atoms with Crippen LogP contribution in [0.3, 0.4) is 0 Å². The zero-order valence-corrected chi connectivity index (χ0v) is 11.4. The van der Waals surface area contributed by atoms with Crippen molar-refractivity contribution >= 4 is 12.0 Å². The Morgan fingerprint density at radius 1 is 1.20 bits per heavy atom. The van der Waals surface area contributed by atoms with Gasteiger partial charge in [0, 0.05) is 19.6 Å². The van der Waals surface area contributed by atoms with Gasteiger partial charge in [-0.05, 0) is 24.3 Å². The quantitative estimate of drug-likeness (QED) is 0.884. The molecule has 20 heavy (non-hydrogen) atoms. The second-order valence-electron chi connectivity index (χ2n) is 5.05. The number of piperidine rings is 1. The third-order valence-corrected chi connectivity index (χ3v) is 3.67. The third kappa shape index (κ3) is 3.98. The van der Waals surface area contributed by atoms with E-state index in [0.29, 0.717) is 5.92 Å². The lowest BCUT2D eigenvalue weighted by molar-refractivity contribution is -0.136. The molecule has 0 saturated carbocycles. The number of likely N-dealkylation sites (tertiary alicyclic amines) is 1. The molecule has 108 valence electrons. The lowest BCUT2D eigenvalue weighted by atomic mass is 9.90. The number of benzene rings is 1. The number of hydrogen-bond acceptors (Lipinski definition) is 2. The fourth-order valence-corrected chi connectivity index (χ4v) is 2.53. The number of urea groups is 1. The first-order valence-electron chi connectivity index (χ1n) is 6.96. The van der Waals surface area contributed by atoms with Gasteiger partial charge < -0.3 is 15.3 Å². The van der Waals surface area contributed by atoms with Gasteiger partial charge in [-0.2, -0.15) is 0 Å². The number of carbonyl (C=O) groups excluding carboxylic acids is 1. The van der Waals surface area contributed by atoms with Gasteiger partial charge in [0.15, 0.2) is 0 Å². The van der Waals surface area contributed by atoms with Crippen molar-refractivity contribution in [3.05, 3.63) is 35.9 Å². The maximum atomic E-state index is 11.8. The van der Waals surface area contributed by atoms with Crippen molar-refractivity contribution in [1.29, 1.82) is 0 Å². The van der Waals surface area contributed by atoms with Crippen LogP contribution in [0.2, 0.25) is 0 Å². The molecule has 0 unspecified atom stereocenters. The van der Waals surface area contributed by atoms with Gasteiger partial charge >= 0.3 is 12.0 Å². The van der Waals surface area contributed by atoms with Gasteiger partial charge in [0.2, 0.25) is 0 Å². The van der Waals surface area contributed by atoms with Crippen molar-refractivity contribution in [1.82, 2.24) is 10.2 Å². The van der Waals surface area contributed by atoms with Crippen molar-refractivity contribution in [2.24, 2.45) is 0 Å². The molecule has 1 heterocycles. The van der Waals surface area contributed by atoms with E-state index in [1.165, 1.54) is 5.56 Å². The molecule has 1 aliphatic rings. The van der Waals surface area contributed by atoms with E-state index in [0.717, 1.165) is 25.9 Å². The second kappa shape index (κ2) is 6.93. The highest BCUT2D eigenvalue weighted by Crippen LogP contribution is 2.27. The van der Waals surface area contributed by atoms with Crippen LogP contribution in [0, 0.1) is 0 Å². The summed E-state index contributed by atoms with van der Waals surface area (Å²) in [4.78, 5) is 24.0. The van der Waals surface area contributed by atoms with Crippen LogP contribution in [0.1, 0.15) is 30.7 Å². The summed E-state index contributed by atoms with van der Waals surface area (Å²) in [6.45, 7) is 1.63. The van der Waals surface area contributed by atoms with Crippen LogP contribution in [0.5, 0.6) is 0 Å². The SMILES string of the molecule is O=C(O)CCNC(=O)N1CCC(c2ccccc2)CC1. The predicted molar refractivity (Wildman–Crippen MR) is 75.6 cm³/mol. The highest BCUT2D eigenvalue weighted by molar-refractivity contribution is 5.75. The molecule has 1 saturated heterocycles. The third-order valence-electron chi connectivity index (χ3n) is 3.67. The van der Waals surface area contributed by atoms with E-state index >= 15 is 0 Å². The van der Waals surface area contributed by atoms with Crippen LogP contribution in [-0.2, 0) is 4.79 Å². The minimum Gasteiger partial charge on any atom is -0.481 e. The number of aliphatic carboxylic acids is 1. The Hall–Kier alpha value is -2.04. The number of hydrogen-bond donors (Lipinski definition) is 2. The molecule has 1 aliphatic heterocycles. The zero-order valence-electron chi connectivity index (χ0n) is 11.4.